The summed E-state index contributed by atoms with van der Waals surface area (Å²) in [5.41, 5.74) is 0. The molecule has 0 aromatic rings. The van der Waals surface area contributed by atoms with Crippen molar-refractivity contribution in [1.29, 1.82) is 0 Å². The Hall–Kier alpha value is 1.08. The third kappa shape index (κ3) is 17.8. The van der Waals surface area contributed by atoms with E-state index in [1.54, 1.807) is 0 Å². The van der Waals surface area contributed by atoms with Gasteiger partial charge < -0.3 is 50.3 Å². The zero-order chi connectivity index (χ0) is 39.8. The van der Waals surface area contributed by atoms with Gasteiger partial charge in [0, 0.05) is 0 Å². The van der Waals surface area contributed by atoms with E-state index in [1.807, 2.05) is 0 Å². The van der Waals surface area contributed by atoms with Gasteiger partial charge in [0.15, 0.2) is 70.8 Å². The molecule has 0 radical (unpaired) electrons. The molecular formula is C33H78O11Si7. The fraction of sp³-hybridized carbons (Fsp3) is 1.00. The second-order valence-corrected chi connectivity index (χ2v) is 52.3. The van der Waals surface area contributed by atoms with E-state index in [9.17, 15) is 5.11 Å². The summed E-state index contributed by atoms with van der Waals surface area (Å²) in [5, 5.41) is 10.8. The molecule has 0 aliphatic carbocycles. The van der Waals surface area contributed by atoms with Gasteiger partial charge in [-0.15, -0.1) is 0 Å². The smallest absolute Gasteiger partial charge is 0.188 e. The van der Waals surface area contributed by atoms with E-state index in [0.717, 1.165) is 0 Å². The first-order valence-corrected chi connectivity index (χ1v) is 42.7. The Morgan fingerprint density at radius 2 is 0.647 bits per heavy atom. The first-order valence-electron chi connectivity index (χ1n) is 18.8. The maximum absolute atomic E-state index is 10.8. The van der Waals surface area contributed by atoms with Crippen LogP contribution in [0, 0.1) is 0 Å². The van der Waals surface area contributed by atoms with Gasteiger partial charge in [-0.3, -0.25) is 0 Å². The molecule has 2 aliphatic rings. The molecule has 0 saturated carbocycles. The highest BCUT2D eigenvalue weighted by Gasteiger charge is 2.57. The quantitative estimate of drug-likeness (QED) is 0.138. The third-order valence-corrected chi connectivity index (χ3v) is 14.2. The number of hydrogen-bond acceptors (Lipinski definition) is 11. The summed E-state index contributed by atoms with van der Waals surface area (Å²) in [6, 6.07) is 0. The Kier molecular flexibility index (Phi) is 16.7. The Morgan fingerprint density at radius 3 is 0.941 bits per heavy atom. The fourth-order valence-electron chi connectivity index (χ4n) is 5.97. The first-order chi connectivity index (χ1) is 22.6. The minimum absolute atomic E-state index is 0.263. The molecule has 304 valence electrons. The van der Waals surface area contributed by atoms with Crippen molar-refractivity contribution in [3.63, 3.8) is 0 Å². The van der Waals surface area contributed by atoms with Crippen LogP contribution in [0.15, 0.2) is 0 Å². The number of aliphatic hydroxyl groups excluding tert-OH is 1. The second kappa shape index (κ2) is 17.7. The molecule has 0 spiro atoms. The summed E-state index contributed by atoms with van der Waals surface area (Å²) in [6.07, 6.45) is -6.28. The van der Waals surface area contributed by atoms with Gasteiger partial charge in [-0.1, -0.05) is 0 Å². The van der Waals surface area contributed by atoms with E-state index >= 15 is 0 Å². The van der Waals surface area contributed by atoms with Crippen LogP contribution in [0.1, 0.15) is 0 Å². The number of rotatable bonds is 18. The summed E-state index contributed by atoms with van der Waals surface area (Å²) in [5.74, 6) is 0. The van der Waals surface area contributed by atoms with E-state index in [2.05, 4.69) is 137 Å². The van der Waals surface area contributed by atoms with Crippen molar-refractivity contribution in [2.24, 2.45) is 0 Å². The van der Waals surface area contributed by atoms with Crippen LogP contribution < -0.4 is 0 Å². The van der Waals surface area contributed by atoms with Crippen LogP contribution in [0.2, 0.25) is 137 Å². The fourth-order valence-corrected chi connectivity index (χ4v) is 13.1. The molecule has 11 nitrogen and oxygen atoms in total. The van der Waals surface area contributed by atoms with E-state index in [4.69, 9.17) is 45.2 Å². The Morgan fingerprint density at radius 1 is 0.373 bits per heavy atom. The minimum atomic E-state index is -2.22. The summed E-state index contributed by atoms with van der Waals surface area (Å²) in [7, 11) is -14.9. The average molecular weight is 848 g/mol. The van der Waals surface area contributed by atoms with Crippen LogP contribution in [0.4, 0.5) is 0 Å². The largest absolute Gasteiger partial charge is 0.415 e. The van der Waals surface area contributed by atoms with E-state index in [0.29, 0.717) is 6.61 Å². The van der Waals surface area contributed by atoms with Crippen LogP contribution in [0.5, 0.6) is 0 Å². The highest BCUT2D eigenvalue weighted by atomic mass is 28.4. The van der Waals surface area contributed by atoms with E-state index < -0.39 is 120 Å². The maximum Gasteiger partial charge on any atom is 0.188 e. The standard InChI is InChI=1S/C33H78O11Si7/c1-45(2,3)35-23-25-27(40-47(7,8)9)29(42-49(13,14)15)31(44-51(19,20)21)33(37-25)38-32-30(43-50(16,17)18)28(41-48(10,11)12)26(24(22-34)36-32)39-46(4,5)6/h24-34H,22-23H2,1-21H3/t24-,25-,26-,27-,28+,29+,30-,31-,32-,33-/m1/s1. The number of ether oxygens (including phenoxy) is 3. The van der Waals surface area contributed by atoms with Crippen molar-refractivity contribution >= 4 is 58.2 Å². The predicted molar refractivity (Wildman–Crippen MR) is 224 cm³/mol. The topological polar surface area (TPSA) is 113 Å². The highest BCUT2D eigenvalue weighted by molar-refractivity contribution is 6.72. The van der Waals surface area contributed by atoms with Crippen LogP contribution >= 0.6 is 0 Å². The van der Waals surface area contributed by atoms with Crippen LogP contribution in [0.25, 0.3) is 0 Å². The molecule has 18 heteroatoms. The van der Waals surface area contributed by atoms with Crippen molar-refractivity contribution in [2.45, 2.75) is 199 Å². The molecular weight excluding hydrogens is 769 g/mol. The van der Waals surface area contributed by atoms with Gasteiger partial charge >= 0.3 is 0 Å². The lowest BCUT2D eigenvalue weighted by Gasteiger charge is -2.53. The van der Waals surface area contributed by atoms with Crippen LogP contribution in [0.3, 0.4) is 0 Å². The SMILES string of the molecule is C[Si](C)(C)OC[C@H]1O[C@H](O[C@H]2O[C@H](CO)[C@@H](O[Si](C)(C)C)[C@H](O[Si](C)(C)C)[C@H]2O[Si](C)(C)C)[C@H](O[Si](C)(C)C)[C@@H](O[Si](C)(C)C)[C@@H]1O[Si](C)(C)C. The van der Waals surface area contributed by atoms with E-state index in [-0.39, 0.29) is 6.61 Å². The molecule has 0 aromatic carbocycles. The molecule has 2 aliphatic heterocycles. The monoisotopic (exact) mass is 846 g/mol. The van der Waals surface area contributed by atoms with Crippen molar-refractivity contribution in [2.75, 3.05) is 13.2 Å². The van der Waals surface area contributed by atoms with E-state index in [1.165, 1.54) is 0 Å². The molecule has 51 heavy (non-hydrogen) atoms. The highest BCUT2D eigenvalue weighted by Crippen LogP contribution is 2.39. The lowest BCUT2D eigenvalue weighted by Crippen LogP contribution is -2.69. The lowest BCUT2D eigenvalue weighted by atomic mass is 9.98. The molecule has 0 aromatic heterocycles. The molecule has 2 fully saturated rings. The predicted octanol–water partition coefficient (Wildman–Crippen LogP) is 7.62. The zero-order valence-electron chi connectivity index (χ0n) is 36.2. The van der Waals surface area contributed by atoms with Gasteiger partial charge in [0.25, 0.3) is 0 Å². The third-order valence-electron chi connectivity index (χ3n) is 7.25. The number of aliphatic hydroxyl groups is 1. The Bertz CT molecular complexity index is 1070. The second-order valence-electron chi connectivity index (χ2n) is 21.0. The summed E-state index contributed by atoms with van der Waals surface area (Å²) >= 11 is 0. The van der Waals surface area contributed by atoms with Crippen molar-refractivity contribution in [1.82, 2.24) is 0 Å². The number of hydrogen-bond donors (Lipinski definition) is 1. The first kappa shape index (κ1) is 48.2. The summed E-state index contributed by atoms with van der Waals surface area (Å²) in [4.78, 5) is 0. The Labute approximate surface area is 319 Å². The minimum Gasteiger partial charge on any atom is -0.415 e. The molecule has 2 saturated heterocycles. The van der Waals surface area contributed by atoms with Crippen LogP contribution in [-0.4, -0.2) is 138 Å². The normalized spacial score (nSPS) is 32.4. The van der Waals surface area contributed by atoms with Gasteiger partial charge in [-0.05, 0) is 137 Å². The van der Waals surface area contributed by atoms with Crippen molar-refractivity contribution < 1.29 is 50.3 Å². The average Bonchev–Trinajstić information content (AvgIpc) is 2.84. The molecule has 10 atom stereocenters. The summed E-state index contributed by atoms with van der Waals surface area (Å²) < 4.78 is 69.1. The van der Waals surface area contributed by atoms with Crippen molar-refractivity contribution in [3.8, 4) is 0 Å². The van der Waals surface area contributed by atoms with Gasteiger partial charge in [0.1, 0.15) is 48.8 Å². The van der Waals surface area contributed by atoms with Gasteiger partial charge in [0.2, 0.25) is 0 Å². The lowest BCUT2D eigenvalue weighted by molar-refractivity contribution is -0.368. The molecule has 0 bridgehead atoms. The maximum atomic E-state index is 10.8. The van der Waals surface area contributed by atoms with Crippen LogP contribution in [-0.2, 0) is 45.2 Å². The molecule has 0 unspecified atom stereocenters. The summed E-state index contributed by atoms with van der Waals surface area (Å²) in [6.45, 7) is 45.5. The van der Waals surface area contributed by atoms with Gasteiger partial charge in [-0.2, -0.15) is 0 Å². The van der Waals surface area contributed by atoms with Gasteiger partial charge in [-0.25, -0.2) is 0 Å². The zero-order valence-corrected chi connectivity index (χ0v) is 43.2. The molecule has 2 rings (SSSR count). The Balaban J connectivity index is 2.80. The molecule has 0 amide bonds. The van der Waals surface area contributed by atoms with Gasteiger partial charge in [0.05, 0.1) is 13.2 Å². The molecule has 1 N–H and O–H groups in total. The van der Waals surface area contributed by atoms with Crippen molar-refractivity contribution in [3.05, 3.63) is 0 Å². The molecule has 2 heterocycles.